The second-order valence-corrected chi connectivity index (χ2v) is 7.82. The summed E-state index contributed by atoms with van der Waals surface area (Å²) in [5.74, 6) is 1.44. The Labute approximate surface area is 198 Å². The lowest BCUT2D eigenvalue weighted by atomic mass is 9.96. The van der Waals surface area contributed by atoms with Crippen LogP contribution in [0.4, 0.5) is 4.79 Å². The number of benzene rings is 2. The molecule has 2 amide bonds. The number of nitrogens with one attached hydrogen (secondary N) is 1. The van der Waals surface area contributed by atoms with Crippen molar-refractivity contribution >= 4 is 18.0 Å². The molecule has 1 fully saturated rings. The van der Waals surface area contributed by atoms with Crippen molar-refractivity contribution in [1.29, 1.82) is 0 Å². The summed E-state index contributed by atoms with van der Waals surface area (Å²) in [6, 6.07) is 11.4. The predicted molar refractivity (Wildman–Crippen MR) is 125 cm³/mol. The minimum Gasteiger partial charge on any atom is -0.493 e. The number of piperidine rings is 1. The van der Waals surface area contributed by atoms with E-state index in [0.29, 0.717) is 48.0 Å². The van der Waals surface area contributed by atoms with Crippen LogP contribution in [0.2, 0.25) is 0 Å². The van der Waals surface area contributed by atoms with Crippen LogP contribution in [-0.4, -0.2) is 63.3 Å². The zero-order chi connectivity index (χ0) is 24.5. The minimum absolute atomic E-state index is 0.0476. The van der Waals surface area contributed by atoms with Crippen molar-refractivity contribution in [3.63, 3.8) is 0 Å². The van der Waals surface area contributed by atoms with Gasteiger partial charge in [-0.05, 0) is 68.1 Å². The molecule has 1 aliphatic heterocycles. The van der Waals surface area contributed by atoms with Crippen LogP contribution in [0.25, 0.3) is 0 Å². The number of hydrogen-bond acceptors (Lipinski definition) is 7. The fraction of sp³-hybridized carbons (Fsp3) is 0.400. The van der Waals surface area contributed by atoms with E-state index in [2.05, 4.69) is 5.32 Å². The Balaban J connectivity index is 1.46. The monoisotopic (exact) mass is 470 g/mol. The van der Waals surface area contributed by atoms with Crippen LogP contribution in [0.3, 0.4) is 0 Å². The molecule has 0 atom stereocenters. The molecule has 34 heavy (non-hydrogen) atoms. The van der Waals surface area contributed by atoms with E-state index in [0.717, 1.165) is 12.8 Å². The highest BCUT2D eigenvalue weighted by atomic mass is 16.7. The first-order valence-corrected chi connectivity index (χ1v) is 11.2. The Kier molecular flexibility index (Phi) is 8.73. The average molecular weight is 471 g/mol. The van der Waals surface area contributed by atoms with Gasteiger partial charge in [-0.2, -0.15) is 0 Å². The number of carbonyl (C=O) groups is 3. The van der Waals surface area contributed by atoms with Crippen LogP contribution >= 0.6 is 0 Å². The van der Waals surface area contributed by atoms with E-state index < -0.39 is 6.16 Å². The van der Waals surface area contributed by atoms with Crippen LogP contribution < -0.4 is 19.5 Å². The van der Waals surface area contributed by atoms with Crippen LogP contribution in [-0.2, 0) is 4.74 Å². The molecule has 2 aromatic carbocycles. The predicted octanol–water partition coefficient (Wildman–Crippen LogP) is 3.52. The van der Waals surface area contributed by atoms with Crippen molar-refractivity contribution in [2.24, 2.45) is 5.92 Å². The summed E-state index contributed by atoms with van der Waals surface area (Å²) in [6.07, 6.45) is 0.813. The molecular weight excluding hydrogens is 440 g/mol. The fourth-order valence-electron chi connectivity index (χ4n) is 3.75. The van der Waals surface area contributed by atoms with Crippen LogP contribution in [0.5, 0.6) is 17.2 Å². The molecule has 0 radical (unpaired) electrons. The van der Waals surface area contributed by atoms with E-state index in [4.69, 9.17) is 18.9 Å². The van der Waals surface area contributed by atoms with Crippen molar-refractivity contribution in [1.82, 2.24) is 10.2 Å². The zero-order valence-electron chi connectivity index (χ0n) is 19.7. The Morgan fingerprint density at radius 2 is 1.59 bits per heavy atom. The third-order valence-electron chi connectivity index (χ3n) is 5.66. The third kappa shape index (κ3) is 6.40. The maximum absolute atomic E-state index is 12.9. The van der Waals surface area contributed by atoms with Gasteiger partial charge in [-0.15, -0.1) is 0 Å². The molecule has 0 aliphatic carbocycles. The summed E-state index contributed by atoms with van der Waals surface area (Å²) in [7, 11) is 3.09. The largest absolute Gasteiger partial charge is 0.513 e. The summed E-state index contributed by atoms with van der Waals surface area (Å²) in [6.45, 7) is 3.68. The maximum Gasteiger partial charge on any atom is 0.513 e. The van der Waals surface area contributed by atoms with E-state index in [9.17, 15) is 14.4 Å². The summed E-state index contributed by atoms with van der Waals surface area (Å²) in [5.41, 5.74) is 1.03. The quantitative estimate of drug-likeness (QED) is 0.465. The highest BCUT2D eigenvalue weighted by Gasteiger charge is 2.25. The first-order valence-electron chi connectivity index (χ1n) is 11.2. The summed E-state index contributed by atoms with van der Waals surface area (Å²) in [5, 5.41) is 2.95. The van der Waals surface area contributed by atoms with Gasteiger partial charge in [-0.3, -0.25) is 9.59 Å². The molecule has 0 bridgehead atoms. The van der Waals surface area contributed by atoms with Crippen molar-refractivity contribution in [3.8, 4) is 17.2 Å². The Morgan fingerprint density at radius 3 is 2.21 bits per heavy atom. The molecule has 3 rings (SSSR count). The van der Waals surface area contributed by atoms with E-state index in [1.165, 1.54) is 7.11 Å². The van der Waals surface area contributed by atoms with Gasteiger partial charge in [0, 0.05) is 30.8 Å². The molecule has 2 aromatic rings. The third-order valence-corrected chi connectivity index (χ3v) is 5.66. The molecule has 0 saturated carbocycles. The molecular formula is C25H30N2O7. The number of amides is 2. The standard InChI is InChI=1S/C25H30N2O7/c1-4-33-25(30)34-20-8-5-18(6-9-20)23(28)26-16-17-11-13-27(14-12-17)24(29)19-7-10-21(31-2)22(15-19)32-3/h5-10,15,17H,4,11-14,16H2,1-3H3,(H,26,28). The molecule has 9 heteroatoms. The Hall–Kier alpha value is -3.75. The minimum atomic E-state index is -0.782. The number of carbonyl (C=O) groups excluding carboxylic acids is 3. The average Bonchev–Trinajstić information content (AvgIpc) is 2.87. The smallest absolute Gasteiger partial charge is 0.493 e. The van der Waals surface area contributed by atoms with E-state index in [-0.39, 0.29) is 24.3 Å². The molecule has 1 aliphatic rings. The van der Waals surface area contributed by atoms with Gasteiger partial charge in [0.2, 0.25) is 0 Å². The Morgan fingerprint density at radius 1 is 0.941 bits per heavy atom. The molecule has 0 aromatic heterocycles. The van der Waals surface area contributed by atoms with Crippen LogP contribution in [0.15, 0.2) is 42.5 Å². The lowest BCUT2D eigenvalue weighted by Gasteiger charge is -2.32. The van der Waals surface area contributed by atoms with Crippen LogP contribution in [0, 0.1) is 5.92 Å². The van der Waals surface area contributed by atoms with Gasteiger partial charge in [0.25, 0.3) is 11.8 Å². The van der Waals surface area contributed by atoms with Crippen molar-refractivity contribution < 1.29 is 33.3 Å². The molecule has 0 unspecified atom stereocenters. The lowest BCUT2D eigenvalue weighted by Crippen LogP contribution is -2.41. The number of rotatable bonds is 8. The van der Waals surface area contributed by atoms with Crippen molar-refractivity contribution in [2.75, 3.05) is 40.5 Å². The number of nitrogens with zero attached hydrogens (tertiary/aromatic N) is 1. The normalized spacial score (nSPS) is 13.7. The lowest BCUT2D eigenvalue weighted by molar-refractivity contribution is 0.0683. The first kappa shape index (κ1) is 24.9. The maximum atomic E-state index is 12.9. The topological polar surface area (TPSA) is 103 Å². The van der Waals surface area contributed by atoms with Gasteiger partial charge >= 0.3 is 6.16 Å². The van der Waals surface area contributed by atoms with Crippen LogP contribution in [0.1, 0.15) is 40.5 Å². The summed E-state index contributed by atoms with van der Waals surface area (Å²) in [4.78, 5) is 38.5. The van der Waals surface area contributed by atoms with Gasteiger partial charge in [-0.25, -0.2) is 4.79 Å². The van der Waals surface area contributed by atoms with Gasteiger partial charge in [-0.1, -0.05) is 0 Å². The highest BCUT2D eigenvalue weighted by molar-refractivity contribution is 5.95. The van der Waals surface area contributed by atoms with E-state index >= 15 is 0 Å². The van der Waals surface area contributed by atoms with Crippen molar-refractivity contribution in [2.45, 2.75) is 19.8 Å². The number of likely N-dealkylation sites (tertiary alicyclic amines) is 1. The summed E-state index contributed by atoms with van der Waals surface area (Å²) >= 11 is 0. The molecule has 9 nitrogen and oxygen atoms in total. The van der Waals surface area contributed by atoms with Gasteiger partial charge in [0.15, 0.2) is 11.5 Å². The number of methoxy groups -OCH3 is 2. The van der Waals surface area contributed by atoms with Crippen molar-refractivity contribution in [3.05, 3.63) is 53.6 Å². The SMILES string of the molecule is CCOC(=O)Oc1ccc(C(=O)NCC2CCN(C(=O)c3ccc(OC)c(OC)c3)CC2)cc1. The van der Waals surface area contributed by atoms with Gasteiger partial charge < -0.3 is 29.2 Å². The zero-order valence-corrected chi connectivity index (χ0v) is 19.7. The second kappa shape index (κ2) is 11.9. The second-order valence-electron chi connectivity index (χ2n) is 7.82. The molecule has 1 N–H and O–H groups in total. The van der Waals surface area contributed by atoms with E-state index in [1.807, 2.05) is 4.90 Å². The molecule has 182 valence electrons. The molecule has 0 spiro atoms. The highest BCUT2D eigenvalue weighted by Crippen LogP contribution is 2.28. The molecule has 1 heterocycles. The summed E-state index contributed by atoms with van der Waals surface area (Å²) < 4.78 is 20.2. The molecule has 1 saturated heterocycles. The Bertz CT molecular complexity index is 999. The number of hydrogen-bond donors (Lipinski definition) is 1. The first-order chi connectivity index (χ1) is 16.4. The van der Waals surface area contributed by atoms with Gasteiger partial charge in [0.1, 0.15) is 5.75 Å². The fourth-order valence-corrected chi connectivity index (χ4v) is 3.75. The number of ether oxygens (including phenoxy) is 4. The van der Waals surface area contributed by atoms with E-state index in [1.54, 1.807) is 56.5 Å². The van der Waals surface area contributed by atoms with Gasteiger partial charge in [0.05, 0.1) is 20.8 Å².